The topological polar surface area (TPSA) is 122 Å². The molecule has 1 aromatic rings. The maximum Gasteiger partial charge on any atom is 0.303 e. The highest BCUT2D eigenvalue weighted by Crippen LogP contribution is 2.14. The van der Waals surface area contributed by atoms with Crippen LogP contribution in [0.3, 0.4) is 0 Å². The van der Waals surface area contributed by atoms with Crippen LogP contribution in [0.25, 0.3) is 0 Å². The molecule has 0 aromatic carbocycles. The normalized spacial score (nSPS) is 11.7. The molecule has 0 aliphatic rings. The zero-order chi connectivity index (χ0) is 16.5. The largest absolute Gasteiger partial charge is 0.481 e. The van der Waals surface area contributed by atoms with Crippen molar-refractivity contribution in [2.24, 2.45) is 0 Å². The number of rotatable bonds is 9. The third-order valence-corrected chi connectivity index (χ3v) is 3.75. The van der Waals surface area contributed by atoms with E-state index in [4.69, 9.17) is 9.63 Å². The van der Waals surface area contributed by atoms with Crippen molar-refractivity contribution in [1.82, 2.24) is 10.5 Å². The van der Waals surface area contributed by atoms with Crippen molar-refractivity contribution in [3.63, 3.8) is 0 Å². The van der Waals surface area contributed by atoms with Crippen LogP contribution < -0.4 is 10.6 Å². The van der Waals surface area contributed by atoms with Crippen molar-refractivity contribution in [1.29, 1.82) is 0 Å². The fraction of sp³-hybridized carbons (Fsp3) is 0.538. The van der Waals surface area contributed by atoms with Gasteiger partial charge < -0.3 is 20.3 Å². The van der Waals surface area contributed by atoms with Gasteiger partial charge in [0.2, 0.25) is 11.8 Å². The fourth-order valence-electron chi connectivity index (χ4n) is 1.45. The number of carboxylic acids is 1. The molecular weight excluding hydrogens is 310 g/mol. The third-order valence-electron chi connectivity index (χ3n) is 2.60. The lowest BCUT2D eigenvalue weighted by Gasteiger charge is -2.10. The first kappa shape index (κ1) is 18.0. The number of amides is 2. The van der Waals surface area contributed by atoms with Gasteiger partial charge in [-0.25, -0.2) is 0 Å². The Labute approximate surface area is 132 Å². The van der Waals surface area contributed by atoms with E-state index >= 15 is 0 Å². The van der Waals surface area contributed by atoms with Crippen LogP contribution in [0.5, 0.6) is 0 Å². The van der Waals surface area contributed by atoms with Gasteiger partial charge >= 0.3 is 5.97 Å². The molecule has 1 heterocycles. The fourth-order valence-corrected chi connectivity index (χ4v) is 2.16. The van der Waals surface area contributed by atoms with E-state index in [1.54, 1.807) is 19.9 Å². The number of hydrogen-bond donors (Lipinski definition) is 3. The van der Waals surface area contributed by atoms with Crippen molar-refractivity contribution < 1.29 is 24.0 Å². The predicted molar refractivity (Wildman–Crippen MR) is 81.7 cm³/mol. The van der Waals surface area contributed by atoms with Gasteiger partial charge in [0, 0.05) is 19.0 Å². The summed E-state index contributed by atoms with van der Waals surface area (Å²) in [4.78, 5) is 33.7. The molecule has 1 aromatic heterocycles. The van der Waals surface area contributed by atoms with Crippen molar-refractivity contribution in [2.75, 3.05) is 17.6 Å². The lowest BCUT2D eigenvalue weighted by molar-refractivity contribution is -0.137. The Kier molecular flexibility index (Phi) is 7.44. The Hall–Kier alpha value is -2.03. The lowest BCUT2D eigenvalue weighted by Crippen LogP contribution is -2.29. The molecule has 2 amide bonds. The molecule has 8 nitrogen and oxygen atoms in total. The molecule has 0 spiro atoms. The number of carbonyl (C=O) groups excluding carboxylic acids is 2. The lowest BCUT2D eigenvalue weighted by atomic mass is 10.3. The minimum atomic E-state index is -0.892. The molecule has 0 saturated heterocycles. The van der Waals surface area contributed by atoms with Crippen LogP contribution in [-0.4, -0.2) is 45.6 Å². The summed E-state index contributed by atoms with van der Waals surface area (Å²) < 4.78 is 4.84. The van der Waals surface area contributed by atoms with Gasteiger partial charge in [0.15, 0.2) is 5.82 Å². The van der Waals surface area contributed by atoms with Crippen LogP contribution in [0.4, 0.5) is 5.82 Å². The zero-order valence-corrected chi connectivity index (χ0v) is 13.2. The Bertz CT molecular complexity index is 532. The van der Waals surface area contributed by atoms with Gasteiger partial charge in [-0.2, -0.15) is 0 Å². The standard InChI is InChI=1S/C13H19N3O5S/c1-8-6-10(16-21-8)15-13(20)9(2)22-7-11(17)14-5-3-4-12(18)19/h6,9H,3-5,7H2,1-2H3,(H,14,17)(H,18,19)(H,15,16,20). The minimum Gasteiger partial charge on any atom is -0.481 e. The highest BCUT2D eigenvalue weighted by Gasteiger charge is 2.16. The summed E-state index contributed by atoms with van der Waals surface area (Å²) in [6.45, 7) is 3.71. The summed E-state index contributed by atoms with van der Waals surface area (Å²) >= 11 is 1.18. The van der Waals surface area contributed by atoms with Gasteiger partial charge in [-0.15, -0.1) is 11.8 Å². The summed E-state index contributed by atoms with van der Waals surface area (Å²) in [6, 6.07) is 1.60. The Balaban J connectivity index is 2.21. The van der Waals surface area contributed by atoms with Gasteiger partial charge in [-0.1, -0.05) is 5.16 Å². The number of anilines is 1. The number of nitrogens with zero attached hydrogens (tertiary/aromatic N) is 1. The Morgan fingerprint density at radius 2 is 2.18 bits per heavy atom. The van der Waals surface area contributed by atoms with Crippen molar-refractivity contribution in [3.8, 4) is 0 Å². The van der Waals surface area contributed by atoms with Crippen LogP contribution in [0.2, 0.25) is 0 Å². The highest BCUT2D eigenvalue weighted by molar-refractivity contribution is 8.01. The van der Waals surface area contributed by atoms with Gasteiger partial charge in [0.25, 0.3) is 0 Å². The average molecular weight is 329 g/mol. The van der Waals surface area contributed by atoms with E-state index < -0.39 is 11.2 Å². The molecule has 0 aliphatic carbocycles. The molecule has 0 saturated carbocycles. The molecule has 122 valence electrons. The van der Waals surface area contributed by atoms with E-state index in [-0.39, 0.29) is 24.0 Å². The Morgan fingerprint density at radius 1 is 1.45 bits per heavy atom. The van der Waals surface area contributed by atoms with E-state index in [2.05, 4.69) is 15.8 Å². The van der Waals surface area contributed by atoms with Gasteiger partial charge in [-0.3, -0.25) is 14.4 Å². The second kappa shape index (κ2) is 9.08. The number of aryl methyl sites for hydroxylation is 1. The molecule has 1 unspecified atom stereocenters. The van der Waals surface area contributed by atoms with Crippen LogP contribution in [0.15, 0.2) is 10.6 Å². The number of aliphatic carboxylic acids is 1. The van der Waals surface area contributed by atoms with Crippen LogP contribution in [0.1, 0.15) is 25.5 Å². The molecule has 3 N–H and O–H groups in total. The van der Waals surface area contributed by atoms with E-state index in [1.807, 2.05) is 0 Å². The maximum absolute atomic E-state index is 11.9. The van der Waals surface area contributed by atoms with Gasteiger partial charge in [-0.05, 0) is 20.3 Å². The summed E-state index contributed by atoms with van der Waals surface area (Å²) in [5.41, 5.74) is 0. The number of thioether (sulfide) groups is 1. The molecule has 1 atom stereocenters. The minimum absolute atomic E-state index is 0.0172. The summed E-state index contributed by atoms with van der Waals surface area (Å²) in [6.07, 6.45) is 0.399. The van der Waals surface area contributed by atoms with Crippen LogP contribution in [-0.2, 0) is 14.4 Å². The zero-order valence-electron chi connectivity index (χ0n) is 12.4. The van der Waals surface area contributed by atoms with Crippen molar-refractivity contribution in [3.05, 3.63) is 11.8 Å². The van der Waals surface area contributed by atoms with Gasteiger partial charge in [0.1, 0.15) is 5.76 Å². The maximum atomic E-state index is 11.9. The number of carboxylic acid groups (broad SMARTS) is 1. The molecule has 0 bridgehead atoms. The SMILES string of the molecule is Cc1cc(NC(=O)C(C)SCC(=O)NCCCC(=O)O)no1. The number of hydrogen-bond acceptors (Lipinski definition) is 6. The van der Waals surface area contributed by atoms with E-state index in [1.165, 1.54) is 11.8 Å². The highest BCUT2D eigenvalue weighted by atomic mass is 32.2. The molecule has 1 rings (SSSR count). The van der Waals surface area contributed by atoms with Crippen molar-refractivity contribution >= 4 is 35.4 Å². The molecule has 0 radical (unpaired) electrons. The smallest absolute Gasteiger partial charge is 0.303 e. The quantitative estimate of drug-likeness (QED) is 0.578. The number of nitrogens with one attached hydrogen (secondary N) is 2. The first-order valence-electron chi connectivity index (χ1n) is 6.72. The first-order chi connectivity index (χ1) is 10.4. The van der Waals surface area contributed by atoms with E-state index in [0.29, 0.717) is 24.5 Å². The van der Waals surface area contributed by atoms with Gasteiger partial charge in [0.05, 0.1) is 11.0 Å². The molecular formula is C13H19N3O5S. The van der Waals surface area contributed by atoms with Crippen LogP contribution >= 0.6 is 11.8 Å². The summed E-state index contributed by atoms with van der Waals surface area (Å²) in [5, 5.41) is 16.9. The first-order valence-corrected chi connectivity index (χ1v) is 7.77. The predicted octanol–water partition coefficient (Wildman–Crippen LogP) is 1.02. The monoisotopic (exact) mass is 329 g/mol. The average Bonchev–Trinajstić information content (AvgIpc) is 2.85. The molecule has 22 heavy (non-hydrogen) atoms. The number of aromatic nitrogens is 1. The van der Waals surface area contributed by atoms with Crippen molar-refractivity contribution in [2.45, 2.75) is 31.9 Å². The van der Waals surface area contributed by atoms with E-state index in [0.717, 1.165) is 0 Å². The molecule has 0 fully saturated rings. The summed E-state index contributed by atoms with van der Waals surface area (Å²) in [5.74, 6) is -0.329. The molecule has 0 aliphatic heterocycles. The second-order valence-electron chi connectivity index (χ2n) is 4.61. The second-order valence-corrected chi connectivity index (χ2v) is 5.94. The third kappa shape index (κ3) is 7.11. The Morgan fingerprint density at radius 3 is 2.77 bits per heavy atom. The van der Waals surface area contributed by atoms with Crippen LogP contribution in [0, 0.1) is 6.92 Å². The summed E-state index contributed by atoms with van der Waals surface area (Å²) in [7, 11) is 0. The van der Waals surface area contributed by atoms with E-state index in [9.17, 15) is 14.4 Å². The number of carbonyl (C=O) groups is 3. The molecule has 9 heteroatoms.